The summed E-state index contributed by atoms with van der Waals surface area (Å²) in [5.41, 5.74) is 3.29. The van der Waals surface area contributed by atoms with Crippen LogP contribution in [0.15, 0.2) is 18.2 Å². The number of benzene rings is 1. The molecule has 2 rings (SSSR count). The Morgan fingerprint density at radius 2 is 2.23 bits per heavy atom. The first kappa shape index (κ1) is 17.0. The van der Waals surface area contributed by atoms with E-state index in [1.54, 1.807) is 0 Å². The van der Waals surface area contributed by atoms with E-state index in [0.717, 1.165) is 37.2 Å². The van der Waals surface area contributed by atoms with Gasteiger partial charge in [0.15, 0.2) is 0 Å². The van der Waals surface area contributed by atoms with Gasteiger partial charge in [0.25, 0.3) is 0 Å². The topological polar surface area (TPSA) is 50.4 Å². The van der Waals surface area contributed by atoms with Gasteiger partial charge in [0.1, 0.15) is 0 Å². The zero-order valence-corrected chi connectivity index (χ0v) is 13.9. The number of rotatable bonds is 7. The van der Waals surface area contributed by atoms with Crippen LogP contribution in [0, 0.1) is 6.92 Å². The molecule has 1 aliphatic rings. The van der Waals surface area contributed by atoms with E-state index in [1.807, 2.05) is 19.1 Å². The molecule has 1 aliphatic heterocycles. The minimum atomic E-state index is 0.0658. The fraction of sp³-hybridized carbons (Fsp3) is 0.611. The fourth-order valence-corrected chi connectivity index (χ4v) is 2.81. The van der Waals surface area contributed by atoms with Crippen LogP contribution in [0.1, 0.15) is 50.2 Å². The van der Waals surface area contributed by atoms with Gasteiger partial charge in [-0.25, -0.2) is 0 Å². The highest BCUT2D eigenvalue weighted by Crippen LogP contribution is 2.27. The van der Waals surface area contributed by atoms with Crippen molar-refractivity contribution in [3.63, 3.8) is 0 Å². The number of hydrogen-bond acceptors (Lipinski definition) is 3. The van der Waals surface area contributed by atoms with Crippen molar-refractivity contribution in [2.75, 3.05) is 25.0 Å². The molecule has 22 heavy (non-hydrogen) atoms. The number of nitrogens with one attached hydrogen (secondary N) is 2. The predicted molar refractivity (Wildman–Crippen MR) is 90.4 cm³/mol. The summed E-state index contributed by atoms with van der Waals surface area (Å²) in [5, 5.41) is 6.39. The van der Waals surface area contributed by atoms with E-state index in [9.17, 15) is 4.79 Å². The number of amides is 1. The van der Waals surface area contributed by atoms with Gasteiger partial charge in [0.05, 0.1) is 6.10 Å². The molecule has 122 valence electrons. The number of ether oxygens (including phenoxy) is 1. The molecule has 0 spiro atoms. The maximum absolute atomic E-state index is 12.2. The molecule has 1 unspecified atom stereocenters. The molecular formula is C18H28N2O2. The van der Waals surface area contributed by atoms with Crippen LogP contribution in [0.2, 0.25) is 0 Å². The predicted octanol–water partition coefficient (Wildman–Crippen LogP) is 3.22. The molecule has 1 fully saturated rings. The van der Waals surface area contributed by atoms with Crippen molar-refractivity contribution in [2.45, 2.75) is 52.1 Å². The average molecular weight is 304 g/mol. The highest BCUT2D eigenvalue weighted by molar-refractivity contribution is 5.92. The van der Waals surface area contributed by atoms with Crippen molar-refractivity contribution in [3.05, 3.63) is 29.3 Å². The molecular weight excluding hydrogens is 276 g/mol. The minimum Gasteiger partial charge on any atom is -0.377 e. The van der Waals surface area contributed by atoms with Crippen molar-refractivity contribution in [3.8, 4) is 0 Å². The van der Waals surface area contributed by atoms with E-state index in [0.29, 0.717) is 25.0 Å². The van der Waals surface area contributed by atoms with Crippen LogP contribution in [0.5, 0.6) is 0 Å². The largest absolute Gasteiger partial charge is 0.377 e. The zero-order chi connectivity index (χ0) is 15.9. The quantitative estimate of drug-likeness (QED) is 0.761. The van der Waals surface area contributed by atoms with Gasteiger partial charge in [-0.1, -0.05) is 32.0 Å². The van der Waals surface area contributed by atoms with Gasteiger partial charge < -0.3 is 15.4 Å². The van der Waals surface area contributed by atoms with E-state index in [2.05, 4.69) is 30.5 Å². The fourth-order valence-electron chi connectivity index (χ4n) is 2.81. The lowest BCUT2D eigenvalue weighted by molar-refractivity contribution is -0.116. The SMILES string of the molecule is Cc1cccc(C(C)C)c1NC(=O)CCNCC1CCCO1. The zero-order valence-electron chi connectivity index (χ0n) is 13.9. The highest BCUT2D eigenvalue weighted by Gasteiger charge is 2.15. The van der Waals surface area contributed by atoms with Crippen molar-refractivity contribution in [1.29, 1.82) is 0 Å². The number of carbonyl (C=O) groups excluding carboxylic acids is 1. The molecule has 4 nitrogen and oxygen atoms in total. The van der Waals surface area contributed by atoms with E-state index in [1.165, 1.54) is 5.56 Å². The van der Waals surface area contributed by atoms with Crippen molar-refractivity contribution in [1.82, 2.24) is 5.32 Å². The Labute approximate surface area is 133 Å². The third-order valence-electron chi connectivity index (χ3n) is 4.12. The van der Waals surface area contributed by atoms with E-state index < -0.39 is 0 Å². The summed E-state index contributed by atoms with van der Waals surface area (Å²) in [7, 11) is 0. The summed E-state index contributed by atoms with van der Waals surface area (Å²) in [6.45, 7) is 8.74. The second-order valence-electron chi connectivity index (χ2n) is 6.33. The summed E-state index contributed by atoms with van der Waals surface area (Å²) < 4.78 is 5.55. The van der Waals surface area contributed by atoms with Crippen molar-refractivity contribution in [2.24, 2.45) is 0 Å². The summed E-state index contributed by atoms with van der Waals surface area (Å²) in [6.07, 6.45) is 3.09. The Morgan fingerprint density at radius 1 is 1.41 bits per heavy atom. The van der Waals surface area contributed by atoms with Crippen molar-refractivity contribution >= 4 is 11.6 Å². The Bertz CT molecular complexity index is 494. The molecule has 0 aromatic heterocycles. The molecule has 1 heterocycles. The van der Waals surface area contributed by atoms with Gasteiger partial charge in [-0.2, -0.15) is 0 Å². The molecule has 1 amide bonds. The van der Waals surface area contributed by atoms with Gasteiger partial charge in [0.2, 0.25) is 5.91 Å². The monoisotopic (exact) mass is 304 g/mol. The van der Waals surface area contributed by atoms with Crippen LogP contribution < -0.4 is 10.6 Å². The third-order valence-corrected chi connectivity index (χ3v) is 4.12. The molecule has 0 aliphatic carbocycles. The number of anilines is 1. The number of hydrogen-bond donors (Lipinski definition) is 2. The van der Waals surface area contributed by atoms with E-state index in [4.69, 9.17) is 4.74 Å². The van der Waals surface area contributed by atoms with Crippen LogP contribution >= 0.6 is 0 Å². The van der Waals surface area contributed by atoms with Crippen LogP contribution in [-0.2, 0) is 9.53 Å². The first-order valence-corrected chi connectivity index (χ1v) is 8.29. The number of para-hydroxylation sites is 1. The smallest absolute Gasteiger partial charge is 0.225 e. The molecule has 0 saturated carbocycles. The van der Waals surface area contributed by atoms with Crippen LogP contribution in [0.3, 0.4) is 0 Å². The molecule has 2 N–H and O–H groups in total. The second-order valence-corrected chi connectivity index (χ2v) is 6.33. The first-order chi connectivity index (χ1) is 10.6. The maximum Gasteiger partial charge on any atom is 0.225 e. The normalized spacial score (nSPS) is 17.9. The van der Waals surface area contributed by atoms with Gasteiger partial charge >= 0.3 is 0 Å². The van der Waals surface area contributed by atoms with E-state index >= 15 is 0 Å². The summed E-state index contributed by atoms with van der Waals surface area (Å²) in [5.74, 6) is 0.462. The Balaban J connectivity index is 1.79. The molecule has 1 saturated heterocycles. The van der Waals surface area contributed by atoms with Gasteiger partial charge in [-0.05, 0) is 36.8 Å². The molecule has 1 atom stereocenters. The van der Waals surface area contributed by atoms with Gasteiger partial charge in [-0.15, -0.1) is 0 Å². The highest BCUT2D eigenvalue weighted by atomic mass is 16.5. The Hall–Kier alpha value is -1.39. The standard InChI is InChI=1S/C18H28N2O2/c1-13(2)16-8-4-6-14(3)18(16)20-17(21)9-10-19-12-15-7-5-11-22-15/h4,6,8,13,15,19H,5,7,9-12H2,1-3H3,(H,20,21). The Kier molecular flexibility index (Phi) is 6.40. The lowest BCUT2D eigenvalue weighted by Gasteiger charge is -2.16. The third kappa shape index (κ3) is 4.82. The Morgan fingerprint density at radius 3 is 2.91 bits per heavy atom. The summed E-state index contributed by atoms with van der Waals surface area (Å²) in [6, 6.07) is 6.17. The van der Waals surface area contributed by atoms with Crippen LogP contribution in [0.4, 0.5) is 5.69 Å². The molecule has 4 heteroatoms. The summed E-state index contributed by atoms with van der Waals surface area (Å²) in [4.78, 5) is 12.2. The molecule has 0 radical (unpaired) electrons. The lowest BCUT2D eigenvalue weighted by Crippen LogP contribution is -2.29. The second kappa shape index (κ2) is 8.30. The average Bonchev–Trinajstić information content (AvgIpc) is 2.99. The van der Waals surface area contributed by atoms with Crippen LogP contribution in [-0.4, -0.2) is 31.7 Å². The summed E-state index contributed by atoms with van der Waals surface area (Å²) >= 11 is 0. The molecule has 1 aromatic carbocycles. The van der Waals surface area contributed by atoms with Gasteiger partial charge in [0, 0.05) is 31.8 Å². The maximum atomic E-state index is 12.2. The number of aryl methyl sites for hydroxylation is 1. The van der Waals surface area contributed by atoms with Gasteiger partial charge in [-0.3, -0.25) is 4.79 Å². The molecule has 0 bridgehead atoms. The van der Waals surface area contributed by atoms with Crippen molar-refractivity contribution < 1.29 is 9.53 Å². The number of carbonyl (C=O) groups is 1. The molecule has 1 aromatic rings. The lowest BCUT2D eigenvalue weighted by atomic mass is 9.98. The van der Waals surface area contributed by atoms with E-state index in [-0.39, 0.29) is 5.91 Å². The first-order valence-electron chi connectivity index (χ1n) is 8.29. The van der Waals surface area contributed by atoms with Crippen LogP contribution in [0.25, 0.3) is 0 Å². The minimum absolute atomic E-state index is 0.0658.